The van der Waals surface area contributed by atoms with Crippen molar-refractivity contribution in [3.63, 3.8) is 0 Å². The van der Waals surface area contributed by atoms with Crippen LogP contribution in [0.2, 0.25) is 0 Å². The maximum Gasteiger partial charge on any atom is 0.305 e. The number of esters is 1. The molecule has 1 unspecified atom stereocenters. The van der Waals surface area contributed by atoms with Crippen LogP contribution in [0.5, 0.6) is 0 Å². The summed E-state index contributed by atoms with van der Waals surface area (Å²) in [5, 5.41) is 0. The molecule has 0 amide bonds. The Hall–Kier alpha value is -0.360. The van der Waals surface area contributed by atoms with Gasteiger partial charge in [0.2, 0.25) is 0 Å². The molecule has 0 N–H and O–H groups in total. The van der Waals surface area contributed by atoms with Crippen molar-refractivity contribution < 1.29 is 19.0 Å². The number of carbonyl (C=O) groups excluding carboxylic acids is 1. The molecule has 0 aromatic carbocycles. The van der Waals surface area contributed by atoms with E-state index in [0.717, 1.165) is 71.4 Å². The summed E-state index contributed by atoms with van der Waals surface area (Å²) in [5.41, 5.74) is 0. The van der Waals surface area contributed by atoms with Crippen LogP contribution in [-0.4, -0.2) is 68.9 Å². The van der Waals surface area contributed by atoms with Gasteiger partial charge in [-0.1, -0.05) is 149 Å². The fraction of sp³-hybridized carbons (Fsp3) is 0.974. The van der Waals surface area contributed by atoms with Gasteiger partial charge in [-0.15, -0.1) is 11.6 Å². The third-order valence-corrected chi connectivity index (χ3v) is 8.95. The van der Waals surface area contributed by atoms with Crippen molar-refractivity contribution in [1.82, 2.24) is 4.90 Å². The van der Waals surface area contributed by atoms with Crippen molar-refractivity contribution in [2.45, 2.75) is 194 Å². The van der Waals surface area contributed by atoms with Crippen molar-refractivity contribution in [3.8, 4) is 0 Å². The Morgan fingerprint density at radius 2 is 1.02 bits per heavy atom. The Labute approximate surface area is 286 Å². The monoisotopic (exact) mass is 660 g/mol. The molecule has 0 aliphatic heterocycles. The standard InChI is InChI=1S/C39H78ClNO4/c1-4-7-10-13-15-17-18-19-21-26-33-43-37-38(44-34-27-12-9-6-3)36-41(32-30-40)31-25-23-24-29-39(42)45-35-28-22-20-16-14-11-8-5-2/h38H,4-37H2,1-3H3. The van der Waals surface area contributed by atoms with Gasteiger partial charge in [-0.05, 0) is 38.6 Å². The van der Waals surface area contributed by atoms with Crippen molar-refractivity contribution in [2.24, 2.45) is 0 Å². The van der Waals surface area contributed by atoms with E-state index in [1.807, 2.05) is 0 Å². The minimum absolute atomic E-state index is 0.0355. The van der Waals surface area contributed by atoms with E-state index in [4.69, 9.17) is 25.8 Å². The summed E-state index contributed by atoms with van der Waals surface area (Å²) in [6.07, 6.45) is 32.0. The number of halogens is 1. The fourth-order valence-electron chi connectivity index (χ4n) is 5.82. The van der Waals surface area contributed by atoms with Gasteiger partial charge in [0.05, 0.1) is 19.3 Å². The number of ether oxygens (including phenoxy) is 3. The number of rotatable bonds is 38. The van der Waals surface area contributed by atoms with Gasteiger partial charge in [-0.2, -0.15) is 0 Å². The van der Waals surface area contributed by atoms with Gasteiger partial charge < -0.3 is 14.2 Å². The zero-order valence-electron chi connectivity index (χ0n) is 30.6. The summed E-state index contributed by atoms with van der Waals surface area (Å²) >= 11 is 6.19. The molecule has 0 heterocycles. The molecule has 1 atom stereocenters. The molecular formula is C39H78ClNO4. The molecule has 0 aliphatic carbocycles. The summed E-state index contributed by atoms with van der Waals surface area (Å²) < 4.78 is 17.9. The molecule has 0 aromatic rings. The maximum atomic E-state index is 12.1. The number of carbonyl (C=O) groups is 1. The molecular weight excluding hydrogens is 582 g/mol. The summed E-state index contributed by atoms with van der Waals surface area (Å²) in [4.78, 5) is 14.6. The normalized spacial score (nSPS) is 12.3. The van der Waals surface area contributed by atoms with Crippen LogP contribution in [-0.2, 0) is 19.0 Å². The molecule has 270 valence electrons. The van der Waals surface area contributed by atoms with Gasteiger partial charge in [0, 0.05) is 38.6 Å². The lowest BCUT2D eigenvalue weighted by Gasteiger charge is -2.27. The van der Waals surface area contributed by atoms with Crippen molar-refractivity contribution in [3.05, 3.63) is 0 Å². The first-order valence-corrected chi connectivity index (χ1v) is 20.3. The van der Waals surface area contributed by atoms with E-state index in [1.165, 1.54) is 122 Å². The van der Waals surface area contributed by atoms with Gasteiger partial charge in [0.1, 0.15) is 0 Å². The second kappa shape index (κ2) is 38.1. The number of hydrogen-bond acceptors (Lipinski definition) is 5. The molecule has 0 saturated heterocycles. The predicted molar refractivity (Wildman–Crippen MR) is 196 cm³/mol. The van der Waals surface area contributed by atoms with Gasteiger partial charge >= 0.3 is 5.97 Å². The van der Waals surface area contributed by atoms with Crippen LogP contribution in [0, 0.1) is 0 Å². The van der Waals surface area contributed by atoms with Gasteiger partial charge in [-0.3, -0.25) is 9.69 Å². The Bertz CT molecular complexity index is 579. The summed E-state index contributed by atoms with van der Waals surface area (Å²) in [5.74, 6) is 0.583. The van der Waals surface area contributed by atoms with Crippen LogP contribution in [0.3, 0.4) is 0 Å². The van der Waals surface area contributed by atoms with Crippen LogP contribution >= 0.6 is 11.6 Å². The van der Waals surface area contributed by atoms with E-state index in [9.17, 15) is 4.79 Å². The lowest BCUT2D eigenvalue weighted by Crippen LogP contribution is -2.38. The zero-order valence-corrected chi connectivity index (χ0v) is 31.3. The van der Waals surface area contributed by atoms with Crippen LogP contribution in [0.15, 0.2) is 0 Å². The quantitative estimate of drug-likeness (QED) is 0.0375. The molecule has 6 heteroatoms. The number of unbranched alkanes of at least 4 members (excludes halogenated alkanes) is 21. The third-order valence-electron chi connectivity index (χ3n) is 8.78. The Morgan fingerprint density at radius 3 is 1.58 bits per heavy atom. The highest BCUT2D eigenvalue weighted by molar-refractivity contribution is 6.18. The van der Waals surface area contributed by atoms with E-state index < -0.39 is 0 Å². The zero-order chi connectivity index (χ0) is 32.9. The summed E-state index contributed by atoms with van der Waals surface area (Å²) in [6.45, 7) is 12.4. The fourth-order valence-corrected chi connectivity index (χ4v) is 6.06. The molecule has 0 rings (SSSR count). The topological polar surface area (TPSA) is 48.0 Å². The third kappa shape index (κ3) is 34.8. The van der Waals surface area contributed by atoms with Crippen LogP contribution in [0.4, 0.5) is 0 Å². The lowest BCUT2D eigenvalue weighted by molar-refractivity contribution is -0.143. The van der Waals surface area contributed by atoms with E-state index in [2.05, 4.69) is 25.7 Å². The van der Waals surface area contributed by atoms with Gasteiger partial charge in [0.15, 0.2) is 0 Å². The molecule has 5 nitrogen and oxygen atoms in total. The molecule has 0 aromatic heterocycles. The first-order chi connectivity index (χ1) is 22.2. The minimum Gasteiger partial charge on any atom is -0.466 e. The molecule has 0 aliphatic rings. The second-order valence-electron chi connectivity index (χ2n) is 13.3. The summed E-state index contributed by atoms with van der Waals surface area (Å²) in [6, 6.07) is 0. The second-order valence-corrected chi connectivity index (χ2v) is 13.7. The maximum absolute atomic E-state index is 12.1. The Balaban J connectivity index is 4.16. The van der Waals surface area contributed by atoms with E-state index in [1.54, 1.807) is 0 Å². The molecule has 0 spiro atoms. The molecule has 0 fully saturated rings. The average molecular weight is 661 g/mol. The van der Waals surface area contributed by atoms with Crippen molar-refractivity contribution in [1.29, 1.82) is 0 Å². The molecule has 0 radical (unpaired) electrons. The Morgan fingerprint density at radius 1 is 0.556 bits per heavy atom. The van der Waals surface area contributed by atoms with Gasteiger partial charge in [-0.25, -0.2) is 0 Å². The Kier molecular flexibility index (Phi) is 37.8. The van der Waals surface area contributed by atoms with Crippen LogP contribution in [0.1, 0.15) is 188 Å². The number of hydrogen-bond donors (Lipinski definition) is 0. The highest BCUT2D eigenvalue weighted by Crippen LogP contribution is 2.12. The average Bonchev–Trinajstić information content (AvgIpc) is 3.04. The minimum atomic E-state index is -0.0355. The molecule has 45 heavy (non-hydrogen) atoms. The first-order valence-electron chi connectivity index (χ1n) is 19.8. The van der Waals surface area contributed by atoms with Crippen molar-refractivity contribution in [2.75, 3.05) is 51.9 Å². The smallest absolute Gasteiger partial charge is 0.305 e. The van der Waals surface area contributed by atoms with Crippen LogP contribution < -0.4 is 0 Å². The van der Waals surface area contributed by atoms with E-state index in [0.29, 0.717) is 25.5 Å². The van der Waals surface area contributed by atoms with Crippen LogP contribution in [0.25, 0.3) is 0 Å². The predicted octanol–water partition coefficient (Wildman–Crippen LogP) is 11.7. The molecule has 0 bridgehead atoms. The number of alkyl halides is 1. The number of nitrogens with zero attached hydrogens (tertiary/aromatic N) is 1. The summed E-state index contributed by atoms with van der Waals surface area (Å²) in [7, 11) is 0. The van der Waals surface area contributed by atoms with Gasteiger partial charge in [0.25, 0.3) is 0 Å². The van der Waals surface area contributed by atoms with E-state index in [-0.39, 0.29) is 12.1 Å². The highest BCUT2D eigenvalue weighted by Gasteiger charge is 2.15. The van der Waals surface area contributed by atoms with E-state index >= 15 is 0 Å². The highest BCUT2D eigenvalue weighted by atomic mass is 35.5. The first kappa shape index (κ1) is 44.6. The SMILES string of the molecule is CCCCCCCCCCCCOCC(CN(CCCl)CCCCCC(=O)OCCCCCCCCCC)OCCCCCC. The molecule has 0 saturated carbocycles. The lowest BCUT2D eigenvalue weighted by atomic mass is 10.1. The van der Waals surface area contributed by atoms with Crippen molar-refractivity contribution >= 4 is 17.6 Å². The largest absolute Gasteiger partial charge is 0.466 e.